The van der Waals surface area contributed by atoms with Gasteiger partial charge in [-0.3, -0.25) is 9.59 Å². The van der Waals surface area contributed by atoms with Crippen molar-refractivity contribution in [3.05, 3.63) is 53.6 Å². The number of nitrogens with zero attached hydrogens (tertiary/aromatic N) is 5. The van der Waals surface area contributed by atoms with Crippen molar-refractivity contribution in [1.82, 2.24) is 20.2 Å². The van der Waals surface area contributed by atoms with Crippen LogP contribution in [0.5, 0.6) is 5.75 Å². The summed E-state index contributed by atoms with van der Waals surface area (Å²) in [6.45, 7) is 4.04. The Labute approximate surface area is 178 Å². The van der Waals surface area contributed by atoms with Crippen molar-refractivity contribution >= 4 is 29.1 Å². The number of hydrogen-bond donors (Lipinski definition) is 0. The second-order valence-corrected chi connectivity index (χ2v) is 8.24. The van der Waals surface area contributed by atoms with Crippen molar-refractivity contribution in [2.75, 3.05) is 18.6 Å². The number of benzene rings is 2. The number of fused-ring (bicyclic) bond motifs is 1. The quantitative estimate of drug-likeness (QED) is 0.445. The van der Waals surface area contributed by atoms with Crippen molar-refractivity contribution in [2.24, 2.45) is 0 Å². The molecule has 1 amide bonds. The first-order valence-electron chi connectivity index (χ1n) is 9.53. The Morgan fingerprint density at radius 3 is 2.73 bits per heavy atom. The summed E-state index contributed by atoms with van der Waals surface area (Å²) < 4.78 is 6.96. The van der Waals surface area contributed by atoms with Crippen LogP contribution >= 0.6 is 11.8 Å². The van der Waals surface area contributed by atoms with Gasteiger partial charge in [0.15, 0.2) is 5.78 Å². The molecule has 9 heteroatoms. The van der Waals surface area contributed by atoms with Crippen LogP contribution < -0.4 is 9.64 Å². The zero-order valence-electron chi connectivity index (χ0n) is 16.9. The Morgan fingerprint density at radius 2 is 1.97 bits per heavy atom. The number of carbonyl (C=O) groups is 2. The lowest BCUT2D eigenvalue weighted by atomic mass is 10.0. The van der Waals surface area contributed by atoms with Gasteiger partial charge in [-0.1, -0.05) is 23.9 Å². The summed E-state index contributed by atoms with van der Waals surface area (Å²) in [6, 6.07) is 12.9. The molecule has 8 nitrogen and oxygen atoms in total. The molecule has 0 saturated carbocycles. The molecule has 2 heterocycles. The molecule has 1 atom stereocenters. The summed E-state index contributed by atoms with van der Waals surface area (Å²) in [6.07, 6.45) is 0.754. The van der Waals surface area contributed by atoms with Crippen molar-refractivity contribution in [3.8, 4) is 11.4 Å². The van der Waals surface area contributed by atoms with Crippen LogP contribution in [-0.2, 0) is 11.2 Å². The topological polar surface area (TPSA) is 90.2 Å². The van der Waals surface area contributed by atoms with E-state index in [1.807, 2.05) is 43.3 Å². The maximum absolute atomic E-state index is 13.1. The normalized spacial score (nSPS) is 13.8. The van der Waals surface area contributed by atoms with Crippen LogP contribution in [0.3, 0.4) is 0 Å². The average Bonchev–Trinajstić information content (AvgIpc) is 3.39. The molecule has 0 aliphatic carbocycles. The van der Waals surface area contributed by atoms with Gasteiger partial charge in [-0.05, 0) is 59.7 Å². The molecule has 0 bridgehead atoms. The highest BCUT2D eigenvalue weighted by molar-refractivity contribution is 8.00. The number of aromatic nitrogens is 4. The van der Waals surface area contributed by atoms with E-state index in [0.29, 0.717) is 28.7 Å². The van der Waals surface area contributed by atoms with Crippen LogP contribution in [0.1, 0.15) is 29.8 Å². The van der Waals surface area contributed by atoms with E-state index in [-0.39, 0.29) is 11.7 Å². The molecule has 3 aromatic rings. The molecule has 154 valence electrons. The number of thioether (sulfide) groups is 1. The number of para-hydroxylation sites is 2. The summed E-state index contributed by atoms with van der Waals surface area (Å²) in [7, 11) is 1.59. The number of amides is 1. The minimum absolute atomic E-state index is 0.0138. The van der Waals surface area contributed by atoms with Gasteiger partial charge in [0, 0.05) is 24.7 Å². The lowest BCUT2D eigenvalue weighted by molar-refractivity contribution is -0.116. The fourth-order valence-corrected chi connectivity index (χ4v) is 4.41. The zero-order valence-corrected chi connectivity index (χ0v) is 17.7. The van der Waals surface area contributed by atoms with E-state index in [9.17, 15) is 9.59 Å². The van der Waals surface area contributed by atoms with Crippen LogP contribution in [-0.4, -0.2) is 50.8 Å². The second kappa shape index (κ2) is 8.27. The first-order valence-corrected chi connectivity index (χ1v) is 10.4. The number of rotatable bonds is 6. The SMILES string of the molecule is COc1ccccc1-n1nnnc1SC(C)C(=O)c1ccc2c(c1)CCN2C(C)=O. The van der Waals surface area contributed by atoms with Gasteiger partial charge in [0.25, 0.3) is 0 Å². The van der Waals surface area contributed by atoms with Gasteiger partial charge in [-0.15, -0.1) is 5.10 Å². The molecular formula is C21H21N5O3S. The molecule has 0 saturated heterocycles. The summed E-state index contributed by atoms with van der Waals surface area (Å²) in [5.41, 5.74) is 3.23. The van der Waals surface area contributed by atoms with Gasteiger partial charge in [-0.2, -0.15) is 4.68 Å². The number of ketones is 1. The number of carbonyl (C=O) groups excluding carboxylic acids is 2. The maximum atomic E-state index is 13.1. The first-order chi connectivity index (χ1) is 14.5. The van der Waals surface area contributed by atoms with E-state index in [4.69, 9.17) is 4.74 Å². The molecule has 0 N–H and O–H groups in total. The Morgan fingerprint density at radius 1 is 1.17 bits per heavy atom. The number of ether oxygens (including phenoxy) is 1. The number of Topliss-reactive ketones (excluding diaryl/α,β-unsaturated/α-hetero) is 1. The van der Waals surface area contributed by atoms with Gasteiger partial charge in [0.1, 0.15) is 11.4 Å². The lowest BCUT2D eigenvalue weighted by Crippen LogP contribution is -2.25. The van der Waals surface area contributed by atoms with Gasteiger partial charge in [-0.25, -0.2) is 0 Å². The number of methoxy groups -OCH3 is 1. The Bertz CT molecular complexity index is 1110. The molecular weight excluding hydrogens is 402 g/mol. The predicted molar refractivity (Wildman–Crippen MR) is 114 cm³/mol. The summed E-state index contributed by atoms with van der Waals surface area (Å²) in [4.78, 5) is 26.5. The Balaban J connectivity index is 1.55. The second-order valence-electron chi connectivity index (χ2n) is 6.93. The molecule has 1 aliphatic rings. The van der Waals surface area contributed by atoms with Crippen LogP contribution in [0.4, 0.5) is 5.69 Å². The van der Waals surface area contributed by atoms with Crippen molar-refractivity contribution < 1.29 is 14.3 Å². The zero-order chi connectivity index (χ0) is 21.3. The van der Waals surface area contributed by atoms with E-state index < -0.39 is 5.25 Å². The highest BCUT2D eigenvalue weighted by atomic mass is 32.2. The van der Waals surface area contributed by atoms with Gasteiger partial charge < -0.3 is 9.64 Å². The van der Waals surface area contributed by atoms with Crippen LogP contribution in [0.2, 0.25) is 0 Å². The molecule has 2 aromatic carbocycles. The summed E-state index contributed by atoms with van der Waals surface area (Å²) >= 11 is 1.29. The van der Waals surface area contributed by atoms with E-state index in [1.165, 1.54) is 11.8 Å². The van der Waals surface area contributed by atoms with Crippen LogP contribution in [0.15, 0.2) is 47.6 Å². The number of hydrogen-bond acceptors (Lipinski definition) is 7. The molecule has 4 rings (SSSR count). The van der Waals surface area contributed by atoms with Crippen molar-refractivity contribution in [2.45, 2.75) is 30.7 Å². The van der Waals surface area contributed by atoms with Crippen molar-refractivity contribution in [1.29, 1.82) is 0 Å². The highest BCUT2D eigenvalue weighted by Crippen LogP contribution is 2.32. The first kappa shape index (κ1) is 20.1. The van der Waals surface area contributed by atoms with Crippen LogP contribution in [0, 0.1) is 0 Å². The molecule has 1 aromatic heterocycles. The minimum Gasteiger partial charge on any atom is -0.494 e. The largest absolute Gasteiger partial charge is 0.494 e. The summed E-state index contributed by atoms with van der Waals surface area (Å²) in [5, 5.41) is 12.0. The third-order valence-electron chi connectivity index (χ3n) is 5.05. The van der Waals surface area contributed by atoms with E-state index in [0.717, 1.165) is 17.7 Å². The van der Waals surface area contributed by atoms with Crippen molar-refractivity contribution in [3.63, 3.8) is 0 Å². The lowest BCUT2D eigenvalue weighted by Gasteiger charge is -2.15. The van der Waals surface area contributed by atoms with Gasteiger partial charge >= 0.3 is 0 Å². The Kier molecular flexibility index (Phi) is 5.54. The van der Waals surface area contributed by atoms with Gasteiger partial charge in [0.05, 0.1) is 12.4 Å². The smallest absolute Gasteiger partial charge is 0.223 e. The van der Waals surface area contributed by atoms with E-state index >= 15 is 0 Å². The van der Waals surface area contributed by atoms with Crippen LogP contribution in [0.25, 0.3) is 5.69 Å². The standard InChI is InChI=1S/C21H21N5O3S/c1-13(20(28)16-8-9-17-15(12-16)10-11-25(17)14(2)27)30-21-22-23-24-26(21)18-6-4-5-7-19(18)29-3/h4-9,12-13H,10-11H2,1-3H3. The summed E-state index contributed by atoms with van der Waals surface area (Å²) in [5.74, 6) is 0.637. The molecule has 0 spiro atoms. The van der Waals surface area contributed by atoms with E-state index in [1.54, 1.807) is 29.7 Å². The third kappa shape index (κ3) is 3.68. The van der Waals surface area contributed by atoms with E-state index in [2.05, 4.69) is 15.5 Å². The fraction of sp³-hybridized carbons (Fsp3) is 0.286. The minimum atomic E-state index is -0.396. The molecule has 30 heavy (non-hydrogen) atoms. The maximum Gasteiger partial charge on any atom is 0.223 e. The van der Waals surface area contributed by atoms with Gasteiger partial charge in [0.2, 0.25) is 11.1 Å². The molecule has 1 aliphatic heterocycles. The number of anilines is 1. The average molecular weight is 423 g/mol. The fourth-order valence-electron chi connectivity index (χ4n) is 3.54. The Hall–Kier alpha value is -3.20. The molecule has 1 unspecified atom stereocenters. The third-order valence-corrected chi connectivity index (χ3v) is 6.08. The number of tetrazole rings is 1. The molecule has 0 radical (unpaired) electrons. The molecule has 0 fully saturated rings. The monoisotopic (exact) mass is 423 g/mol. The highest BCUT2D eigenvalue weighted by Gasteiger charge is 2.26. The predicted octanol–water partition coefficient (Wildman–Crippen LogP) is 2.94.